The Morgan fingerprint density at radius 2 is 2.47 bits per heavy atom. The van der Waals surface area contributed by atoms with Crippen LogP contribution in [0.4, 0.5) is 5.95 Å². The van der Waals surface area contributed by atoms with E-state index in [1.54, 1.807) is 6.92 Å². The van der Waals surface area contributed by atoms with E-state index in [1.165, 1.54) is 6.33 Å². The number of imidazole rings is 1. The predicted molar refractivity (Wildman–Crippen MR) is 58.0 cm³/mol. The molecule has 78 valence electrons. The maximum atomic E-state index is 11.1. The number of nitrogens with one attached hydrogen (secondary N) is 3. The van der Waals surface area contributed by atoms with Gasteiger partial charge in [0.1, 0.15) is 5.52 Å². The van der Waals surface area contributed by atoms with Crippen LogP contribution in [0.15, 0.2) is 6.33 Å². The van der Waals surface area contributed by atoms with Gasteiger partial charge in [-0.25, -0.2) is 9.97 Å². The highest BCUT2D eigenvalue weighted by Gasteiger charge is 2.05. The number of hydrogen-bond donors (Lipinski definition) is 3. The first kappa shape index (κ1) is 9.78. The van der Waals surface area contributed by atoms with Crippen molar-refractivity contribution < 1.29 is 4.79 Å². The fourth-order valence-corrected chi connectivity index (χ4v) is 1.38. The van der Waals surface area contributed by atoms with Crippen LogP contribution in [0.2, 0.25) is 0 Å². The molecule has 0 bridgehead atoms. The molecule has 1 amide bonds. The lowest BCUT2D eigenvalue weighted by molar-refractivity contribution is -0.115. The number of carbonyl (C=O) groups is 1. The standard InChI is InChI=1S/C8H9N5OS/c1-2-4(14)11-8-12-6-5(7(15)13-8)9-3-10-6/h3H,2H2,1H3,(H3,9,10,11,12,13,14,15). The van der Waals surface area contributed by atoms with Crippen LogP contribution < -0.4 is 5.32 Å². The largest absolute Gasteiger partial charge is 0.341 e. The minimum atomic E-state index is -0.122. The molecule has 0 fully saturated rings. The Morgan fingerprint density at radius 3 is 3.20 bits per heavy atom. The Labute approximate surface area is 90.1 Å². The third-order valence-corrected chi connectivity index (χ3v) is 2.18. The summed E-state index contributed by atoms with van der Waals surface area (Å²) in [5, 5.41) is 2.59. The highest BCUT2D eigenvalue weighted by molar-refractivity contribution is 7.71. The van der Waals surface area contributed by atoms with Crippen LogP contribution in [-0.2, 0) is 4.79 Å². The van der Waals surface area contributed by atoms with E-state index in [0.717, 1.165) is 0 Å². The van der Waals surface area contributed by atoms with Gasteiger partial charge in [-0.1, -0.05) is 19.1 Å². The molecule has 2 heterocycles. The molecule has 3 N–H and O–H groups in total. The van der Waals surface area contributed by atoms with Gasteiger partial charge in [0.2, 0.25) is 11.9 Å². The lowest BCUT2D eigenvalue weighted by atomic mass is 10.4. The van der Waals surface area contributed by atoms with E-state index in [9.17, 15) is 4.79 Å². The number of carbonyl (C=O) groups excluding carboxylic acids is 1. The number of fused-ring (bicyclic) bond motifs is 1. The number of aromatic amines is 2. The van der Waals surface area contributed by atoms with Crippen molar-refractivity contribution in [2.45, 2.75) is 13.3 Å². The molecule has 6 nitrogen and oxygen atoms in total. The average molecular weight is 223 g/mol. The van der Waals surface area contributed by atoms with Crippen LogP contribution in [0.1, 0.15) is 13.3 Å². The number of rotatable bonds is 2. The lowest BCUT2D eigenvalue weighted by Gasteiger charge is -2.01. The summed E-state index contributed by atoms with van der Waals surface area (Å²) >= 11 is 5.03. The maximum absolute atomic E-state index is 11.1. The van der Waals surface area contributed by atoms with Crippen molar-refractivity contribution in [3.8, 4) is 0 Å². The summed E-state index contributed by atoms with van der Waals surface area (Å²) in [4.78, 5) is 24.9. The molecule has 0 spiro atoms. The topological polar surface area (TPSA) is 86.5 Å². The molecule has 0 aliphatic heterocycles. The summed E-state index contributed by atoms with van der Waals surface area (Å²) in [5.41, 5.74) is 1.25. The van der Waals surface area contributed by atoms with Crippen molar-refractivity contribution in [1.82, 2.24) is 19.9 Å². The van der Waals surface area contributed by atoms with Gasteiger partial charge in [0.25, 0.3) is 0 Å². The number of nitrogens with zero attached hydrogens (tertiary/aromatic N) is 2. The van der Waals surface area contributed by atoms with E-state index in [4.69, 9.17) is 12.2 Å². The fourth-order valence-electron chi connectivity index (χ4n) is 1.13. The van der Waals surface area contributed by atoms with Crippen LogP contribution in [0.25, 0.3) is 11.2 Å². The highest BCUT2D eigenvalue weighted by Crippen LogP contribution is 2.09. The molecule has 2 rings (SSSR count). The number of anilines is 1. The number of amides is 1. The molecule has 7 heteroatoms. The Kier molecular flexibility index (Phi) is 2.46. The first-order valence-corrected chi connectivity index (χ1v) is 4.84. The van der Waals surface area contributed by atoms with Gasteiger partial charge in [-0.05, 0) is 0 Å². The van der Waals surface area contributed by atoms with Crippen molar-refractivity contribution >= 4 is 35.2 Å². The zero-order valence-electron chi connectivity index (χ0n) is 8.00. The van der Waals surface area contributed by atoms with E-state index >= 15 is 0 Å². The first-order chi connectivity index (χ1) is 7.20. The molecule has 0 saturated heterocycles. The third-order valence-electron chi connectivity index (χ3n) is 1.88. The highest BCUT2D eigenvalue weighted by atomic mass is 32.1. The fraction of sp³-hybridized carbons (Fsp3) is 0.250. The van der Waals surface area contributed by atoms with Crippen molar-refractivity contribution in [1.29, 1.82) is 0 Å². The van der Waals surface area contributed by atoms with E-state index < -0.39 is 0 Å². The quantitative estimate of drug-likeness (QED) is 0.671. The summed E-state index contributed by atoms with van der Waals surface area (Å²) < 4.78 is 0.382. The molecule has 0 aliphatic carbocycles. The van der Waals surface area contributed by atoms with Crippen molar-refractivity contribution in [3.05, 3.63) is 11.0 Å². The van der Waals surface area contributed by atoms with Crippen molar-refractivity contribution in [2.75, 3.05) is 5.32 Å². The SMILES string of the molecule is CCC(=O)Nc1nc(=S)c2[nH]cnc2[nH]1. The van der Waals surface area contributed by atoms with E-state index in [1.807, 2.05) is 0 Å². The minimum absolute atomic E-state index is 0.122. The smallest absolute Gasteiger partial charge is 0.226 e. The summed E-state index contributed by atoms with van der Waals surface area (Å²) in [6.45, 7) is 1.76. The maximum Gasteiger partial charge on any atom is 0.226 e. The Bertz CT molecular complexity index is 557. The molecule has 0 radical (unpaired) electrons. The second-order valence-electron chi connectivity index (χ2n) is 2.92. The lowest BCUT2D eigenvalue weighted by Crippen LogP contribution is -2.12. The molecule has 0 saturated carbocycles. The number of H-pyrrole nitrogens is 2. The van der Waals surface area contributed by atoms with Crippen LogP contribution in [-0.4, -0.2) is 25.8 Å². The summed E-state index contributed by atoms with van der Waals surface area (Å²) in [6.07, 6.45) is 1.91. The van der Waals surface area contributed by atoms with Crippen molar-refractivity contribution in [3.63, 3.8) is 0 Å². The van der Waals surface area contributed by atoms with Crippen LogP contribution in [0.5, 0.6) is 0 Å². The van der Waals surface area contributed by atoms with Gasteiger partial charge in [-0.2, -0.15) is 0 Å². The van der Waals surface area contributed by atoms with Gasteiger partial charge in [-0.15, -0.1) is 0 Å². The van der Waals surface area contributed by atoms with Gasteiger partial charge >= 0.3 is 0 Å². The minimum Gasteiger partial charge on any atom is -0.341 e. The van der Waals surface area contributed by atoms with E-state index in [2.05, 4.69) is 25.3 Å². The number of aromatic nitrogens is 4. The molecule has 0 unspecified atom stereocenters. The molecule has 2 aromatic rings. The number of hydrogen-bond acceptors (Lipinski definition) is 4. The second-order valence-corrected chi connectivity index (χ2v) is 3.31. The zero-order chi connectivity index (χ0) is 10.8. The van der Waals surface area contributed by atoms with Gasteiger partial charge in [0.15, 0.2) is 10.3 Å². The van der Waals surface area contributed by atoms with Crippen LogP contribution >= 0.6 is 12.2 Å². The van der Waals surface area contributed by atoms with Gasteiger partial charge in [-0.3, -0.25) is 10.1 Å². The van der Waals surface area contributed by atoms with Crippen LogP contribution in [0.3, 0.4) is 0 Å². The first-order valence-electron chi connectivity index (χ1n) is 4.44. The molecular weight excluding hydrogens is 214 g/mol. The van der Waals surface area contributed by atoms with Gasteiger partial charge in [0.05, 0.1) is 6.33 Å². The average Bonchev–Trinajstić information content (AvgIpc) is 2.66. The second kappa shape index (κ2) is 3.77. The summed E-state index contributed by atoms with van der Waals surface area (Å²) in [5.74, 6) is 0.203. The third kappa shape index (κ3) is 1.86. The van der Waals surface area contributed by atoms with E-state index in [-0.39, 0.29) is 5.91 Å². The zero-order valence-corrected chi connectivity index (χ0v) is 8.81. The van der Waals surface area contributed by atoms with Crippen molar-refractivity contribution in [2.24, 2.45) is 0 Å². The monoisotopic (exact) mass is 223 g/mol. The van der Waals surface area contributed by atoms with Gasteiger partial charge in [0, 0.05) is 6.42 Å². The normalized spacial score (nSPS) is 10.5. The molecule has 0 aliphatic rings. The van der Waals surface area contributed by atoms with Crippen LogP contribution in [0, 0.1) is 4.64 Å². The molecular formula is C8H9N5OS. The molecule has 0 aromatic carbocycles. The Balaban J connectivity index is 2.45. The molecule has 2 aromatic heterocycles. The predicted octanol–water partition coefficient (Wildman–Crippen LogP) is 1.36. The summed E-state index contributed by atoms with van der Waals surface area (Å²) in [7, 11) is 0. The summed E-state index contributed by atoms with van der Waals surface area (Å²) in [6, 6.07) is 0. The molecule has 15 heavy (non-hydrogen) atoms. The Hall–Kier alpha value is -1.76. The molecule has 0 atom stereocenters. The Morgan fingerprint density at radius 1 is 1.67 bits per heavy atom. The van der Waals surface area contributed by atoms with Gasteiger partial charge < -0.3 is 9.97 Å². The van der Waals surface area contributed by atoms with E-state index in [0.29, 0.717) is 28.2 Å².